The molecule has 27 heavy (non-hydrogen) atoms. The maximum Gasteiger partial charge on any atom is 0.224 e. The van der Waals surface area contributed by atoms with Crippen LogP contribution in [-0.4, -0.2) is 17.5 Å². The molecule has 0 saturated heterocycles. The van der Waals surface area contributed by atoms with E-state index in [1.54, 1.807) is 24.4 Å². The second-order valence-corrected chi connectivity index (χ2v) is 7.35. The van der Waals surface area contributed by atoms with Crippen molar-refractivity contribution in [2.45, 2.75) is 12.8 Å². The van der Waals surface area contributed by atoms with Crippen LogP contribution < -0.4 is 15.4 Å². The van der Waals surface area contributed by atoms with Crippen molar-refractivity contribution < 1.29 is 9.53 Å². The summed E-state index contributed by atoms with van der Waals surface area (Å²) in [6.45, 7) is 0.394. The first-order chi connectivity index (χ1) is 13.1. The highest BCUT2D eigenvalue weighted by molar-refractivity contribution is 7.13. The first-order valence-corrected chi connectivity index (χ1v) is 9.88. The number of carbonyl (C=O) groups excluding carboxylic acids is 1. The fourth-order valence-electron chi connectivity index (χ4n) is 2.28. The zero-order chi connectivity index (χ0) is 19.1. The number of nitrogens with one attached hydrogen (secondary N) is 2. The van der Waals surface area contributed by atoms with E-state index in [2.05, 4.69) is 15.6 Å². The van der Waals surface area contributed by atoms with Crippen LogP contribution in [0.5, 0.6) is 5.75 Å². The number of ether oxygens (including phenoxy) is 1. The molecule has 0 radical (unpaired) electrons. The Kier molecular flexibility index (Phi) is 6.92. The van der Waals surface area contributed by atoms with E-state index < -0.39 is 0 Å². The molecular formula is C19H17Cl2N3O2S. The van der Waals surface area contributed by atoms with Crippen LogP contribution in [0.15, 0.2) is 54.0 Å². The van der Waals surface area contributed by atoms with Gasteiger partial charge in [0.25, 0.3) is 0 Å². The predicted molar refractivity (Wildman–Crippen MR) is 112 cm³/mol. The molecule has 3 rings (SSSR count). The molecule has 8 heteroatoms. The van der Waals surface area contributed by atoms with Gasteiger partial charge in [0.05, 0.1) is 11.6 Å². The van der Waals surface area contributed by atoms with E-state index in [1.807, 2.05) is 29.6 Å². The first kappa shape index (κ1) is 19.5. The number of hydrogen-bond acceptors (Lipinski definition) is 5. The van der Waals surface area contributed by atoms with E-state index in [0.717, 1.165) is 16.5 Å². The Bertz CT molecular complexity index is 886. The molecule has 1 aromatic heterocycles. The van der Waals surface area contributed by atoms with Crippen molar-refractivity contribution in [2.24, 2.45) is 0 Å². The summed E-state index contributed by atoms with van der Waals surface area (Å²) in [7, 11) is 0. The zero-order valence-corrected chi connectivity index (χ0v) is 16.6. The average Bonchev–Trinajstić information content (AvgIpc) is 3.15. The number of thiazole rings is 1. The van der Waals surface area contributed by atoms with Gasteiger partial charge in [0.1, 0.15) is 5.75 Å². The smallest absolute Gasteiger partial charge is 0.224 e. The number of hydrogen-bond donors (Lipinski definition) is 2. The van der Waals surface area contributed by atoms with Gasteiger partial charge in [-0.25, -0.2) is 4.98 Å². The van der Waals surface area contributed by atoms with Crippen LogP contribution in [0.25, 0.3) is 0 Å². The molecule has 0 aliphatic heterocycles. The monoisotopic (exact) mass is 421 g/mol. The highest BCUT2D eigenvalue weighted by Gasteiger charge is 2.05. The molecule has 1 heterocycles. The number of rotatable bonds is 8. The van der Waals surface area contributed by atoms with Crippen molar-refractivity contribution in [1.29, 1.82) is 0 Å². The molecule has 0 bridgehead atoms. The molecule has 0 saturated carbocycles. The zero-order valence-electron chi connectivity index (χ0n) is 14.2. The lowest BCUT2D eigenvalue weighted by atomic mass is 10.2. The summed E-state index contributed by atoms with van der Waals surface area (Å²) in [5.74, 6) is 0.492. The number of halogens is 2. The third-order valence-corrected chi connectivity index (χ3v) is 4.77. The fourth-order valence-corrected chi connectivity index (χ4v) is 3.29. The van der Waals surface area contributed by atoms with Crippen LogP contribution in [0.2, 0.25) is 10.0 Å². The second-order valence-electron chi connectivity index (χ2n) is 5.61. The van der Waals surface area contributed by atoms with E-state index in [9.17, 15) is 4.79 Å². The van der Waals surface area contributed by atoms with Gasteiger partial charge in [-0.05, 0) is 48.9 Å². The lowest BCUT2D eigenvalue weighted by Gasteiger charge is -2.09. The van der Waals surface area contributed by atoms with Crippen LogP contribution >= 0.6 is 34.5 Å². The maximum atomic E-state index is 12.0. The lowest BCUT2D eigenvalue weighted by molar-refractivity contribution is -0.116. The number of amides is 1. The third-order valence-electron chi connectivity index (χ3n) is 3.55. The van der Waals surface area contributed by atoms with Gasteiger partial charge in [-0.1, -0.05) is 23.2 Å². The summed E-state index contributed by atoms with van der Waals surface area (Å²) < 4.78 is 5.57. The molecule has 0 fully saturated rings. The standard InChI is InChI=1S/C19H17Cl2N3O2S/c20-13-3-8-17(16(21)12-13)26-10-1-2-18(25)23-14-4-6-15(7-5-14)24-19-22-9-11-27-19/h3-9,11-12H,1-2,10H2,(H,22,24)(H,23,25). The average molecular weight is 422 g/mol. The van der Waals surface area contributed by atoms with Crippen LogP contribution in [-0.2, 0) is 4.79 Å². The van der Waals surface area contributed by atoms with Crippen molar-refractivity contribution in [2.75, 3.05) is 17.2 Å². The molecule has 3 aromatic rings. The number of carbonyl (C=O) groups is 1. The minimum Gasteiger partial charge on any atom is -0.492 e. The summed E-state index contributed by atoms with van der Waals surface area (Å²) in [5.41, 5.74) is 1.66. The van der Waals surface area contributed by atoms with Gasteiger partial charge in [-0.2, -0.15) is 0 Å². The van der Waals surface area contributed by atoms with E-state index in [0.29, 0.717) is 35.2 Å². The van der Waals surface area contributed by atoms with Crippen molar-refractivity contribution in [1.82, 2.24) is 4.98 Å². The lowest BCUT2D eigenvalue weighted by Crippen LogP contribution is -2.12. The number of anilines is 3. The van der Waals surface area contributed by atoms with Gasteiger partial charge >= 0.3 is 0 Å². The SMILES string of the molecule is O=C(CCCOc1ccc(Cl)cc1Cl)Nc1ccc(Nc2nccs2)cc1. The predicted octanol–water partition coefficient (Wildman–Crippen LogP) is 5.99. The molecule has 5 nitrogen and oxygen atoms in total. The highest BCUT2D eigenvalue weighted by Crippen LogP contribution is 2.27. The number of nitrogens with zero attached hydrogens (tertiary/aromatic N) is 1. The molecule has 0 spiro atoms. The van der Waals surface area contributed by atoms with Gasteiger partial charge in [-0.15, -0.1) is 11.3 Å². The topological polar surface area (TPSA) is 63.2 Å². The Labute approximate surface area is 171 Å². The molecule has 140 valence electrons. The summed E-state index contributed by atoms with van der Waals surface area (Å²) in [5, 5.41) is 9.80. The minimum absolute atomic E-state index is 0.0681. The van der Waals surface area contributed by atoms with E-state index >= 15 is 0 Å². The van der Waals surface area contributed by atoms with Crippen molar-refractivity contribution >= 4 is 57.0 Å². The van der Waals surface area contributed by atoms with E-state index in [-0.39, 0.29) is 5.91 Å². The Hall–Kier alpha value is -2.28. The van der Waals surface area contributed by atoms with Crippen molar-refractivity contribution in [3.8, 4) is 5.75 Å². The van der Waals surface area contributed by atoms with Gasteiger partial charge in [-0.3, -0.25) is 4.79 Å². The maximum absolute atomic E-state index is 12.0. The molecule has 0 aliphatic rings. The summed E-state index contributed by atoms with van der Waals surface area (Å²) in [6.07, 6.45) is 2.67. The Balaban J connectivity index is 1.40. The molecule has 1 amide bonds. The Morgan fingerprint density at radius 1 is 1.11 bits per heavy atom. The number of aromatic nitrogens is 1. The second kappa shape index (κ2) is 9.60. The summed E-state index contributed by atoms with van der Waals surface area (Å²) in [6, 6.07) is 12.5. The van der Waals surface area contributed by atoms with Crippen LogP contribution in [0, 0.1) is 0 Å². The molecule has 0 unspecified atom stereocenters. The highest BCUT2D eigenvalue weighted by atomic mass is 35.5. The van der Waals surface area contributed by atoms with Gasteiger partial charge in [0.2, 0.25) is 5.91 Å². The van der Waals surface area contributed by atoms with Gasteiger partial charge in [0, 0.05) is 34.4 Å². The largest absolute Gasteiger partial charge is 0.492 e. The normalized spacial score (nSPS) is 10.4. The molecule has 0 atom stereocenters. The molecule has 2 N–H and O–H groups in total. The van der Waals surface area contributed by atoms with E-state index in [4.69, 9.17) is 27.9 Å². The van der Waals surface area contributed by atoms with Gasteiger partial charge in [0.15, 0.2) is 5.13 Å². The van der Waals surface area contributed by atoms with Crippen molar-refractivity contribution in [3.05, 3.63) is 64.1 Å². The Morgan fingerprint density at radius 2 is 1.89 bits per heavy atom. The summed E-state index contributed by atoms with van der Waals surface area (Å²) >= 11 is 13.4. The van der Waals surface area contributed by atoms with E-state index in [1.165, 1.54) is 11.3 Å². The first-order valence-electron chi connectivity index (χ1n) is 8.24. The van der Waals surface area contributed by atoms with Crippen molar-refractivity contribution in [3.63, 3.8) is 0 Å². The molecule has 0 aliphatic carbocycles. The third kappa shape index (κ3) is 6.13. The molecule has 2 aromatic carbocycles. The van der Waals surface area contributed by atoms with Crippen LogP contribution in [0.4, 0.5) is 16.5 Å². The van der Waals surface area contributed by atoms with Gasteiger partial charge < -0.3 is 15.4 Å². The fraction of sp³-hybridized carbons (Fsp3) is 0.158. The summed E-state index contributed by atoms with van der Waals surface area (Å²) in [4.78, 5) is 16.2. The van der Waals surface area contributed by atoms with Crippen LogP contribution in [0.3, 0.4) is 0 Å². The molecular weight excluding hydrogens is 405 g/mol. The quantitative estimate of drug-likeness (QED) is 0.438. The Morgan fingerprint density at radius 3 is 2.59 bits per heavy atom. The van der Waals surface area contributed by atoms with Crippen LogP contribution in [0.1, 0.15) is 12.8 Å². The number of benzene rings is 2. The minimum atomic E-state index is -0.0681.